The number of carbonyl (C=O) groups excluding carboxylic acids is 1. The summed E-state index contributed by atoms with van der Waals surface area (Å²) in [4.78, 5) is 11.8. The lowest BCUT2D eigenvalue weighted by atomic mass is 9.89. The monoisotopic (exact) mass is 272 g/mol. The first-order valence-corrected chi connectivity index (χ1v) is 6.66. The molecule has 5 heteroatoms. The second kappa shape index (κ2) is 5.00. The fraction of sp³-hybridized carbons (Fsp3) is 0.333. The molecule has 20 heavy (non-hydrogen) atoms. The van der Waals surface area contributed by atoms with E-state index in [1.807, 2.05) is 6.07 Å². The van der Waals surface area contributed by atoms with Crippen LogP contribution in [-0.4, -0.2) is 18.2 Å². The molecule has 0 atom stereocenters. The lowest BCUT2D eigenvalue weighted by Crippen LogP contribution is -2.06. The van der Waals surface area contributed by atoms with E-state index < -0.39 is 5.97 Å². The fourth-order valence-corrected chi connectivity index (χ4v) is 2.68. The summed E-state index contributed by atoms with van der Waals surface area (Å²) in [7, 11) is 1.31. The van der Waals surface area contributed by atoms with E-state index in [1.165, 1.54) is 31.1 Å². The first-order chi connectivity index (χ1) is 9.70. The number of anilines is 1. The maximum absolute atomic E-state index is 11.8. The highest BCUT2D eigenvalue weighted by atomic mass is 16.5. The molecule has 0 radical (unpaired) electrons. The van der Waals surface area contributed by atoms with Crippen LogP contribution in [-0.2, 0) is 17.6 Å². The summed E-state index contributed by atoms with van der Waals surface area (Å²) in [5.41, 5.74) is 9.83. The molecule has 1 aliphatic rings. The van der Waals surface area contributed by atoms with Gasteiger partial charge in [-0.25, -0.2) is 4.79 Å². The molecule has 1 aliphatic carbocycles. The Kier molecular flexibility index (Phi) is 3.18. The molecule has 0 spiro atoms. The van der Waals surface area contributed by atoms with E-state index in [1.54, 1.807) is 0 Å². The maximum Gasteiger partial charge on any atom is 0.345 e. The van der Waals surface area contributed by atoms with Gasteiger partial charge in [0.15, 0.2) is 5.56 Å². The molecule has 1 aromatic carbocycles. The Labute approximate surface area is 116 Å². The number of aromatic nitrogens is 1. The second-order valence-electron chi connectivity index (χ2n) is 4.95. The normalized spacial score (nSPS) is 13.8. The van der Waals surface area contributed by atoms with E-state index in [2.05, 4.69) is 17.3 Å². The third-order valence-corrected chi connectivity index (χ3v) is 3.73. The number of aryl methyl sites for hydroxylation is 2. The van der Waals surface area contributed by atoms with Crippen LogP contribution in [0.3, 0.4) is 0 Å². The van der Waals surface area contributed by atoms with Crippen LogP contribution in [0.1, 0.15) is 34.3 Å². The number of carbonyl (C=O) groups is 1. The van der Waals surface area contributed by atoms with Crippen LogP contribution in [0, 0.1) is 0 Å². The maximum atomic E-state index is 11.8. The number of fused-ring (bicyclic) bond motifs is 1. The van der Waals surface area contributed by atoms with Crippen molar-refractivity contribution in [1.82, 2.24) is 5.16 Å². The zero-order chi connectivity index (χ0) is 14.1. The molecule has 0 saturated carbocycles. The van der Waals surface area contributed by atoms with Crippen LogP contribution in [0.25, 0.3) is 11.3 Å². The standard InChI is InChI=1S/C15H16N2O3/c1-19-15(18)12-13(17-20-14(12)16)11-7-6-9-4-2-3-5-10(9)8-11/h6-8H,2-5,16H2,1H3. The summed E-state index contributed by atoms with van der Waals surface area (Å²) in [6.45, 7) is 0. The molecule has 1 aromatic heterocycles. The molecule has 0 amide bonds. The van der Waals surface area contributed by atoms with Crippen LogP contribution in [0.2, 0.25) is 0 Å². The number of nitrogens with zero attached hydrogens (tertiary/aromatic N) is 1. The summed E-state index contributed by atoms with van der Waals surface area (Å²) in [5.74, 6) is -0.541. The molecule has 104 valence electrons. The lowest BCUT2D eigenvalue weighted by molar-refractivity contribution is 0.0602. The van der Waals surface area contributed by atoms with Crippen molar-refractivity contribution in [3.63, 3.8) is 0 Å². The van der Waals surface area contributed by atoms with Gasteiger partial charge in [-0.2, -0.15) is 0 Å². The topological polar surface area (TPSA) is 78.3 Å². The minimum atomic E-state index is -0.531. The Balaban J connectivity index is 2.07. The predicted octanol–water partition coefficient (Wildman–Crippen LogP) is 2.59. The third-order valence-electron chi connectivity index (χ3n) is 3.73. The Morgan fingerprint density at radius 2 is 2.05 bits per heavy atom. The number of benzene rings is 1. The Hall–Kier alpha value is -2.30. The van der Waals surface area contributed by atoms with Gasteiger partial charge in [-0.3, -0.25) is 0 Å². The molecular weight excluding hydrogens is 256 g/mol. The average Bonchev–Trinajstić information content (AvgIpc) is 2.87. The molecule has 0 aliphatic heterocycles. The van der Waals surface area contributed by atoms with Gasteiger partial charge in [0.1, 0.15) is 5.69 Å². The van der Waals surface area contributed by atoms with E-state index in [9.17, 15) is 4.79 Å². The van der Waals surface area contributed by atoms with Crippen LogP contribution >= 0.6 is 0 Å². The predicted molar refractivity (Wildman–Crippen MR) is 74.3 cm³/mol. The van der Waals surface area contributed by atoms with Crippen LogP contribution in [0.4, 0.5) is 5.88 Å². The average molecular weight is 272 g/mol. The highest BCUT2D eigenvalue weighted by molar-refractivity contribution is 6.00. The smallest absolute Gasteiger partial charge is 0.345 e. The quantitative estimate of drug-likeness (QED) is 0.850. The summed E-state index contributed by atoms with van der Waals surface area (Å²) >= 11 is 0. The van der Waals surface area contributed by atoms with Gasteiger partial charge in [0, 0.05) is 5.56 Å². The first kappa shape index (κ1) is 12.7. The highest BCUT2D eigenvalue weighted by Gasteiger charge is 2.23. The summed E-state index contributed by atoms with van der Waals surface area (Å²) < 4.78 is 9.68. The van der Waals surface area contributed by atoms with Gasteiger partial charge >= 0.3 is 5.97 Å². The number of rotatable bonds is 2. The fourth-order valence-electron chi connectivity index (χ4n) is 2.68. The van der Waals surface area contributed by atoms with Crippen LogP contribution in [0.15, 0.2) is 22.7 Å². The van der Waals surface area contributed by atoms with Crippen molar-refractivity contribution in [1.29, 1.82) is 0 Å². The van der Waals surface area contributed by atoms with Crippen molar-refractivity contribution in [2.75, 3.05) is 12.8 Å². The molecule has 0 unspecified atom stereocenters. The summed E-state index contributed by atoms with van der Waals surface area (Å²) in [5, 5.41) is 3.90. The molecule has 5 nitrogen and oxygen atoms in total. The number of hydrogen-bond acceptors (Lipinski definition) is 5. The molecule has 2 aromatic rings. The van der Waals surface area contributed by atoms with Crippen molar-refractivity contribution in [2.45, 2.75) is 25.7 Å². The van der Waals surface area contributed by atoms with Gasteiger partial charge in [-0.1, -0.05) is 17.3 Å². The van der Waals surface area contributed by atoms with Gasteiger partial charge in [-0.15, -0.1) is 0 Å². The largest absolute Gasteiger partial charge is 0.465 e. The van der Waals surface area contributed by atoms with E-state index in [0.29, 0.717) is 5.69 Å². The van der Waals surface area contributed by atoms with Gasteiger partial charge in [-0.05, 0) is 42.9 Å². The van der Waals surface area contributed by atoms with E-state index >= 15 is 0 Å². The van der Waals surface area contributed by atoms with Crippen molar-refractivity contribution < 1.29 is 14.1 Å². The van der Waals surface area contributed by atoms with Crippen molar-refractivity contribution in [3.8, 4) is 11.3 Å². The molecule has 0 bridgehead atoms. The van der Waals surface area contributed by atoms with Crippen LogP contribution in [0.5, 0.6) is 0 Å². The van der Waals surface area contributed by atoms with Gasteiger partial charge < -0.3 is 15.0 Å². The SMILES string of the molecule is COC(=O)c1c(-c2ccc3c(c2)CCCC3)noc1N. The molecule has 1 heterocycles. The molecule has 0 saturated heterocycles. The second-order valence-corrected chi connectivity index (χ2v) is 4.95. The number of ether oxygens (including phenoxy) is 1. The lowest BCUT2D eigenvalue weighted by Gasteiger charge is -2.16. The highest BCUT2D eigenvalue weighted by Crippen LogP contribution is 2.31. The number of hydrogen-bond donors (Lipinski definition) is 1. The number of nitrogens with two attached hydrogens (primary N) is 1. The van der Waals surface area contributed by atoms with Gasteiger partial charge in [0.25, 0.3) is 0 Å². The molecule has 3 rings (SSSR count). The zero-order valence-electron chi connectivity index (χ0n) is 11.3. The van der Waals surface area contributed by atoms with Crippen molar-refractivity contribution >= 4 is 11.9 Å². The molecule has 2 N–H and O–H groups in total. The van der Waals surface area contributed by atoms with E-state index in [-0.39, 0.29) is 11.4 Å². The van der Waals surface area contributed by atoms with Gasteiger partial charge in [0.2, 0.25) is 5.88 Å². The zero-order valence-corrected chi connectivity index (χ0v) is 11.3. The van der Waals surface area contributed by atoms with Gasteiger partial charge in [0.05, 0.1) is 7.11 Å². The summed E-state index contributed by atoms with van der Waals surface area (Å²) in [6, 6.07) is 6.11. The minimum Gasteiger partial charge on any atom is -0.465 e. The summed E-state index contributed by atoms with van der Waals surface area (Å²) in [6.07, 6.45) is 4.60. The van der Waals surface area contributed by atoms with Crippen molar-refractivity contribution in [2.24, 2.45) is 0 Å². The van der Waals surface area contributed by atoms with E-state index in [0.717, 1.165) is 18.4 Å². The number of nitrogen functional groups attached to an aromatic ring is 1. The molecular formula is C15H16N2O3. The third kappa shape index (κ3) is 2.05. The molecule has 0 fully saturated rings. The Morgan fingerprint density at radius 3 is 2.80 bits per heavy atom. The number of esters is 1. The Bertz CT molecular complexity index is 661. The minimum absolute atomic E-state index is 0.00966. The number of methoxy groups -OCH3 is 1. The van der Waals surface area contributed by atoms with E-state index in [4.69, 9.17) is 15.0 Å². The van der Waals surface area contributed by atoms with Crippen molar-refractivity contribution in [3.05, 3.63) is 34.9 Å². The Morgan fingerprint density at radius 1 is 1.30 bits per heavy atom. The first-order valence-electron chi connectivity index (χ1n) is 6.66. The van der Waals surface area contributed by atoms with Crippen LogP contribution < -0.4 is 5.73 Å².